The summed E-state index contributed by atoms with van der Waals surface area (Å²) in [6.45, 7) is 8.34. The lowest BCUT2D eigenvalue weighted by Crippen LogP contribution is -2.46. The van der Waals surface area contributed by atoms with Crippen LogP contribution >= 0.6 is 0 Å². The Morgan fingerprint density at radius 2 is 1.89 bits per heavy atom. The van der Waals surface area contributed by atoms with E-state index >= 15 is 0 Å². The summed E-state index contributed by atoms with van der Waals surface area (Å²) < 4.78 is 1.84. The van der Waals surface area contributed by atoms with E-state index in [9.17, 15) is 9.59 Å². The number of carbonyl (C=O) groups is 2. The normalized spacial score (nSPS) is 11.9. The Bertz CT molecular complexity index is 783. The van der Waals surface area contributed by atoms with Crippen LogP contribution in [0.5, 0.6) is 0 Å². The molecule has 6 nitrogen and oxygen atoms in total. The van der Waals surface area contributed by atoms with E-state index in [1.165, 1.54) is 0 Å². The van der Waals surface area contributed by atoms with Gasteiger partial charge in [0.1, 0.15) is 6.04 Å². The molecule has 0 bridgehead atoms. The lowest BCUT2D eigenvalue weighted by Gasteiger charge is -2.28. The number of nitrogens with zero attached hydrogens (tertiary/aromatic N) is 3. The van der Waals surface area contributed by atoms with E-state index in [2.05, 4.69) is 10.4 Å². The van der Waals surface area contributed by atoms with Crippen molar-refractivity contribution in [3.8, 4) is 0 Å². The van der Waals surface area contributed by atoms with E-state index in [0.717, 1.165) is 29.1 Å². The highest BCUT2D eigenvalue weighted by Gasteiger charge is 2.25. The molecular formula is C21H30N4O2. The smallest absolute Gasteiger partial charge is 0.246 e. The van der Waals surface area contributed by atoms with Gasteiger partial charge in [0.15, 0.2) is 0 Å². The van der Waals surface area contributed by atoms with E-state index in [1.54, 1.807) is 11.8 Å². The van der Waals surface area contributed by atoms with Gasteiger partial charge in [-0.2, -0.15) is 5.10 Å². The molecule has 2 amide bonds. The van der Waals surface area contributed by atoms with Gasteiger partial charge in [-0.25, -0.2) is 0 Å². The van der Waals surface area contributed by atoms with E-state index in [4.69, 9.17) is 0 Å². The molecule has 1 atom stereocenters. The molecule has 2 aromatic rings. The first kappa shape index (κ1) is 20.7. The van der Waals surface area contributed by atoms with Crippen molar-refractivity contribution in [1.82, 2.24) is 14.7 Å². The van der Waals surface area contributed by atoms with Crippen molar-refractivity contribution in [2.24, 2.45) is 7.05 Å². The summed E-state index contributed by atoms with van der Waals surface area (Å²) in [4.78, 5) is 27.1. The molecule has 0 spiro atoms. The highest BCUT2D eigenvalue weighted by molar-refractivity contribution is 5.96. The number of para-hydroxylation sites is 1. The second kappa shape index (κ2) is 9.35. The van der Waals surface area contributed by atoms with Gasteiger partial charge in [0, 0.05) is 31.4 Å². The third-order valence-electron chi connectivity index (χ3n) is 4.92. The first-order chi connectivity index (χ1) is 12.8. The molecule has 0 fully saturated rings. The zero-order valence-corrected chi connectivity index (χ0v) is 17.0. The Kier molecular flexibility index (Phi) is 7.16. The van der Waals surface area contributed by atoms with E-state index in [-0.39, 0.29) is 11.8 Å². The number of hydrogen-bond donors (Lipinski definition) is 1. The SMILES string of the molecule is CCCN(C(=O)CCc1c(C)nn(C)c1C)C(C)C(=O)Nc1ccccc1. The van der Waals surface area contributed by atoms with Crippen molar-refractivity contribution in [1.29, 1.82) is 0 Å². The summed E-state index contributed by atoms with van der Waals surface area (Å²) >= 11 is 0. The quantitative estimate of drug-likeness (QED) is 0.776. The third-order valence-corrected chi connectivity index (χ3v) is 4.92. The number of carbonyl (C=O) groups excluding carboxylic acids is 2. The van der Waals surface area contributed by atoms with Crippen LogP contribution in [0, 0.1) is 13.8 Å². The van der Waals surface area contributed by atoms with Crippen molar-refractivity contribution in [2.45, 2.75) is 53.0 Å². The van der Waals surface area contributed by atoms with Crippen molar-refractivity contribution >= 4 is 17.5 Å². The second-order valence-electron chi connectivity index (χ2n) is 6.89. The zero-order valence-electron chi connectivity index (χ0n) is 17.0. The van der Waals surface area contributed by atoms with Gasteiger partial charge in [-0.1, -0.05) is 25.1 Å². The minimum Gasteiger partial charge on any atom is -0.331 e. The van der Waals surface area contributed by atoms with Crippen LogP contribution in [0.25, 0.3) is 0 Å². The van der Waals surface area contributed by atoms with Crippen LogP contribution in [-0.2, 0) is 23.1 Å². The molecule has 1 N–H and O–H groups in total. The summed E-state index contributed by atoms with van der Waals surface area (Å²) in [6.07, 6.45) is 1.81. The van der Waals surface area contributed by atoms with Crippen LogP contribution in [0.1, 0.15) is 43.6 Å². The molecule has 1 unspecified atom stereocenters. The Balaban J connectivity index is 2.03. The maximum Gasteiger partial charge on any atom is 0.246 e. The molecule has 0 saturated heterocycles. The van der Waals surface area contributed by atoms with Crippen LogP contribution in [0.15, 0.2) is 30.3 Å². The highest BCUT2D eigenvalue weighted by atomic mass is 16.2. The Morgan fingerprint density at radius 1 is 1.22 bits per heavy atom. The summed E-state index contributed by atoms with van der Waals surface area (Å²) in [7, 11) is 1.91. The number of aryl methyl sites for hydroxylation is 2. The van der Waals surface area contributed by atoms with Gasteiger partial charge < -0.3 is 10.2 Å². The zero-order chi connectivity index (χ0) is 20.0. The topological polar surface area (TPSA) is 67.2 Å². The Hall–Kier alpha value is -2.63. The fourth-order valence-corrected chi connectivity index (χ4v) is 3.24. The molecule has 0 radical (unpaired) electrons. The van der Waals surface area contributed by atoms with Crippen LogP contribution in [0.2, 0.25) is 0 Å². The van der Waals surface area contributed by atoms with Gasteiger partial charge in [-0.15, -0.1) is 0 Å². The summed E-state index contributed by atoms with van der Waals surface area (Å²) in [5.41, 5.74) is 3.89. The van der Waals surface area contributed by atoms with E-state index in [0.29, 0.717) is 19.4 Å². The molecule has 146 valence electrons. The Morgan fingerprint density at radius 3 is 2.44 bits per heavy atom. The van der Waals surface area contributed by atoms with Crippen molar-refractivity contribution in [3.63, 3.8) is 0 Å². The third kappa shape index (κ3) is 5.18. The predicted octanol–water partition coefficient (Wildman–Crippen LogP) is 3.24. The van der Waals surface area contributed by atoms with Gasteiger partial charge in [-0.05, 0) is 51.3 Å². The fraction of sp³-hybridized carbons (Fsp3) is 0.476. The molecule has 27 heavy (non-hydrogen) atoms. The molecular weight excluding hydrogens is 340 g/mol. The number of benzene rings is 1. The molecule has 1 heterocycles. The lowest BCUT2D eigenvalue weighted by molar-refractivity contribution is -0.138. The van der Waals surface area contributed by atoms with Crippen LogP contribution in [0.3, 0.4) is 0 Å². The fourth-order valence-electron chi connectivity index (χ4n) is 3.24. The van der Waals surface area contributed by atoms with Crippen molar-refractivity contribution < 1.29 is 9.59 Å². The minimum atomic E-state index is -0.520. The van der Waals surface area contributed by atoms with Crippen LogP contribution in [0.4, 0.5) is 5.69 Å². The second-order valence-corrected chi connectivity index (χ2v) is 6.89. The molecule has 0 saturated carbocycles. The number of hydrogen-bond acceptors (Lipinski definition) is 3. The largest absolute Gasteiger partial charge is 0.331 e. The average Bonchev–Trinajstić information content (AvgIpc) is 2.89. The minimum absolute atomic E-state index is 0.00443. The van der Waals surface area contributed by atoms with Crippen molar-refractivity contribution in [3.05, 3.63) is 47.3 Å². The number of nitrogens with one attached hydrogen (secondary N) is 1. The molecule has 0 aliphatic carbocycles. The van der Waals surface area contributed by atoms with E-state index < -0.39 is 6.04 Å². The number of anilines is 1. The van der Waals surface area contributed by atoms with Gasteiger partial charge in [0.05, 0.1) is 5.69 Å². The first-order valence-electron chi connectivity index (χ1n) is 9.49. The summed E-state index contributed by atoms with van der Waals surface area (Å²) in [5, 5.41) is 7.29. The standard InChI is InChI=1S/C21H30N4O2/c1-6-14-25(17(4)21(27)22-18-10-8-7-9-11-18)20(26)13-12-19-15(2)23-24(5)16(19)3/h7-11,17H,6,12-14H2,1-5H3,(H,22,27). The molecule has 1 aromatic heterocycles. The average molecular weight is 370 g/mol. The number of aromatic nitrogens is 2. The molecule has 2 rings (SSSR count). The molecule has 1 aromatic carbocycles. The van der Waals surface area contributed by atoms with Gasteiger partial charge >= 0.3 is 0 Å². The molecule has 6 heteroatoms. The van der Waals surface area contributed by atoms with Crippen LogP contribution in [-0.4, -0.2) is 39.1 Å². The predicted molar refractivity (Wildman–Crippen MR) is 108 cm³/mol. The summed E-state index contributed by atoms with van der Waals surface area (Å²) in [6, 6.07) is 8.79. The Labute approximate surface area is 161 Å². The monoisotopic (exact) mass is 370 g/mol. The van der Waals surface area contributed by atoms with Crippen LogP contribution < -0.4 is 5.32 Å². The van der Waals surface area contributed by atoms with Gasteiger partial charge in [-0.3, -0.25) is 14.3 Å². The highest BCUT2D eigenvalue weighted by Crippen LogP contribution is 2.16. The maximum atomic E-state index is 12.9. The number of amides is 2. The van der Waals surface area contributed by atoms with Crippen molar-refractivity contribution in [2.75, 3.05) is 11.9 Å². The maximum absolute atomic E-state index is 12.9. The van der Waals surface area contributed by atoms with Gasteiger partial charge in [0.25, 0.3) is 0 Å². The molecule has 0 aliphatic rings. The first-order valence-corrected chi connectivity index (χ1v) is 9.49. The summed E-state index contributed by atoms with van der Waals surface area (Å²) in [5.74, 6) is -0.174. The number of rotatable bonds is 8. The van der Waals surface area contributed by atoms with E-state index in [1.807, 2.05) is 62.8 Å². The van der Waals surface area contributed by atoms with Gasteiger partial charge in [0.2, 0.25) is 11.8 Å². The lowest BCUT2D eigenvalue weighted by atomic mass is 10.1. The molecule has 0 aliphatic heterocycles.